The van der Waals surface area contributed by atoms with Gasteiger partial charge >= 0.3 is 0 Å². The molecule has 1 saturated heterocycles. The van der Waals surface area contributed by atoms with E-state index in [1.54, 1.807) is 4.90 Å². The number of hydrogen-bond acceptors (Lipinski definition) is 4. The standard InChI is InChI=1S/C17H18ClN3O3S/c1-2-15-17(22)21(11-20(15)12-6-4-3-5-7-12)16-9-8-13(10-14(16)18)25(19,23)24/h3-10,15H,2,11H2,1H3,(H2,19,23,24). The van der Waals surface area contributed by atoms with Crippen molar-refractivity contribution < 1.29 is 13.2 Å². The van der Waals surface area contributed by atoms with E-state index in [1.165, 1.54) is 18.2 Å². The van der Waals surface area contributed by atoms with Crippen LogP contribution in [0.25, 0.3) is 0 Å². The van der Waals surface area contributed by atoms with Crippen LogP contribution in [-0.2, 0) is 14.8 Å². The van der Waals surface area contributed by atoms with E-state index in [1.807, 2.05) is 42.2 Å². The lowest BCUT2D eigenvalue weighted by molar-refractivity contribution is -0.118. The molecule has 0 aliphatic carbocycles. The Balaban J connectivity index is 1.97. The molecule has 1 aliphatic rings. The summed E-state index contributed by atoms with van der Waals surface area (Å²) in [7, 11) is -3.85. The summed E-state index contributed by atoms with van der Waals surface area (Å²) in [5, 5.41) is 5.29. The van der Waals surface area contributed by atoms with Crippen LogP contribution in [0.3, 0.4) is 0 Å². The number of halogens is 1. The lowest BCUT2D eigenvalue weighted by Crippen LogP contribution is -2.32. The van der Waals surface area contributed by atoms with Crippen molar-refractivity contribution in [3.8, 4) is 0 Å². The smallest absolute Gasteiger partial charge is 0.251 e. The number of nitrogens with zero attached hydrogens (tertiary/aromatic N) is 2. The maximum Gasteiger partial charge on any atom is 0.251 e. The summed E-state index contributed by atoms with van der Waals surface area (Å²) in [6.45, 7) is 2.30. The molecular formula is C17H18ClN3O3S. The van der Waals surface area contributed by atoms with Crippen LogP contribution >= 0.6 is 11.6 Å². The van der Waals surface area contributed by atoms with Crippen LogP contribution in [0.1, 0.15) is 13.3 Å². The van der Waals surface area contributed by atoms with E-state index in [-0.39, 0.29) is 21.9 Å². The Hall–Kier alpha value is -2.09. The van der Waals surface area contributed by atoms with Gasteiger partial charge in [0.1, 0.15) is 6.04 Å². The SMILES string of the molecule is CCC1C(=O)N(c2ccc(S(N)(=O)=O)cc2Cl)CN1c1ccccc1. The van der Waals surface area contributed by atoms with Crippen molar-refractivity contribution in [3.63, 3.8) is 0 Å². The monoisotopic (exact) mass is 379 g/mol. The third-order valence-corrected chi connectivity index (χ3v) is 5.45. The Morgan fingerprint density at radius 1 is 1.20 bits per heavy atom. The van der Waals surface area contributed by atoms with E-state index in [9.17, 15) is 13.2 Å². The quantitative estimate of drug-likeness (QED) is 0.884. The maximum absolute atomic E-state index is 12.8. The molecule has 0 radical (unpaired) electrons. The van der Waals surface area contributed by atoms with Gasteiger partial charge in [-0.25, -0.2) is 13.6 Å². The molecule has 25 heavy (non-hydrogen) atoms. The predicted octanol–water partition coefficient (Wildman–Crippen LogP) is 2.58. The third-order valence-electron chi connectivity index (χ3n) is 4.23. The summed E-state index contributed by atoms with van der Waals surface area (Å²) >= 11 is 6.23. The van der Waals surface area contributed by atoms with E-state index in [2.05, 4.69) is 0 Å². The molecule has 3 rings (SSSR count). The molecule has 1 fully saturated rings. The van der Waals surface area contributed by atoms with Gasteiger partial charge in [-0.05, 0) is 36.8 Å². The number of amides is 1. The zero-order valence-electron chi connectivity index (χ0n) is 13.6. The highest BCUT2D eigenvalue weighted by molar-refractivity contribution is 7.89. The highest BCUT2D eigenvalue weighted by atomic mass is 35.5. The van der Waals surface area contributed by atoms with Crippen molar-refractivity contribution >= 4 is 38.9 Å². The molecule has 0 bridgehead atoms. The van der Waals surface area contributed by atoms with Crippen LogP contribution in [-0.4, -0.2) is 27.0 Å². The van der Waals surface area contributed by atoms with Gasteiger partial charge in [-0.1, -0.05) is 36.7 Å². The maximum atomic E-state index is 12.8. The average molecular weight is 380 g/mol. The molecule has 1 amide bonds. The summed E-state index contributed by atoms with van der Waals surface area (Å²) in [5.74, 6) is -0.0726. The molecule has 1 unspecified atom stereocenters. The van der Waals surface area contributed by atoms with Crippen LogP contribution in [0.4, 0.5) is 11.4 Å². The minimum Gasteiger partial charge on any atom is -0.341 e. The molecule has 0 spiro atoms. The molecule has 6 nitrogen and oxygen atoms in total. The molecule has 2 aromatic carbocycles. The van der Waals surface area contributed by atoms with Gasteiger partial charge in [0.15, 0.2) is 0 Å². The number of carbonyl (C=O) groups is 1. The normalized spacial score (nSPS) is 18.0. The molecule has 2 N–H and O–H groups in total. The lowest BCUT2D eigenvalue weighted by atomic mass is 10.1. The van der Waals surface area contributed by atoms with Crippen molar-refractivity contribution in [1.29, 1.82) is 0 Å². The highest BCUT2D eigenvalue weighted by Crippen LogP contribution is 2.34. The fourth-order valence-corrected chi connectivity index (χ4v) is 3.88. The van der Waals surface area contributed by atoms with Crippen LogP contribution < -0.4 is 14.9 Å². The van der Waals surface area contributed by atoms with Crippen molar-refractivity contribution in [1.82, 2.24) is 0 Å². The van der Waals surface area contributed by atoms with Gasteiger partial charge in [-0.2, -0.15) is 0 Å². The zero-order chi connectivity index (χ0) is 18.2. The second kappa shape index (κ2) is 6.67. The Morgan fingerprint density at radius 2 is 1.88 bits per heavy atom. The van der Waals surface area contributed by atoms with E-state index in [0.29, 0.717) is 18.8 Å². The summed E-state index contributed by atoms with van der Waals surface area (Å²) in [5.41, 5.74) is 1.42. The van der Waals surface area contributed by atoms with Crippen LogP contribution in [0, 0.1) is 0 Å². The Morgan fingerprint density at radius 3 is 2.44 bits per heavy atom. The summed E-state index contributed by atoms with van der Waals surface area (Å²) in [6, 6.07) is 13.5. The molecule has 1 heterocycles. The van der Waals surface area contributed by atoms with Crippen LogP contribution in [0.2, 0.25) is 5.02 Å². The topological polar surface area (TPSA) is 83.7 Å². The molecular weight excluding hydrogens is 362 g/mol. The number of anilines is 2. The number of sulfonamides is 1. The molecule has 132 valence electrons. The fraction of sp³-hybridized carbons (Fsp3) is 0.235. The van der Waals surface area contributed by atoms with Gasteiger partial charge in [0.05, 0.1) is 22.3 Å². The van der Waals surface area contributed by atoms with Gasteiger partial charge in [-0.3, -0.25) is 9.69 Å². The Bertz CT molecular complexity index is 903. The second-order valence-electron chi connectivity index (χ2n) is 5.80. The predicted molar refractivity (Wildman–Crippen MR) is 98.2 cm³/mol. The van der Waals surface area contributed by atoms with E-state index < -0.39 is 10.0 Å². The fourth-order valence-electron chi connectivity index (χ4n) is 2.99. The van der Waals surface area contributed by atoms with Gasteiger partial charge in [0, 0.05) is 5.69 Å². The van der Waals surface area contributed by atoms with E-state index in [0.717, 1.165) is 5.69 Å². The zero-order valence-corrected chi connectivity index (χ0v) is 15.2. The molecule has 1 aliphatic heterocycles. The minimum atomic E-state index is -3.85. The first-order valence-corrected chi connectivity index (χ1v) is 9.70. The third kappa shape index (κ3) is 3.35. The molecule has 1 atom stereocenters. The second-order valence-corrected chi connectivity index (χ2v) is 7.76. The summed E-state index contributed by atoms with van der Waals surface area (Å²) in [6.07, 6.45) is 0.650. The molecule has 0 aromatic heterocycles. The summed E-state index contributed by atoms with van der Waals surface area (Å²) < 4.78 is 22.9. The first-order valence-electron chi connectivity index (χ1n) is 7.78. The average Bonchev–Trinajstić information content (AvgIpc) is 2.91. The highest BCUT2D eigenvalue weighted by Gasteiger charge is 2.38. The van der Waals surface area contributed by atoms with Gasteiger partial charge in [0.25, 0.3) is 5.91 Å². The Labute approximate surface area is 151 Å². The van der Waals surface area contributed by atoms with Crippen molar-refractivity contribution in [2.24, 2.45) is 5.14 Å². The number of carbonyl (C=O) groups excluding carboxylic acids is 1. The van der Waals surface area contributed by atoms with Gasteiger partial charge in [0.2, 0.25) is 10.0 Å². The van der Waals surface area contributed by atoms with Crippen LogP contribution in [0.5, 0.6) is 0 Å². The largest absolute Gasteiger partial charge is 0.341 e. The van der Waals surface area contributed by atoms with E-state index in [4.69, 9.17) is 16.7 Å². The van der Waals surface area contributed by atoms with Crippen molar-refractivity contribution in [3.05, 3.63) is 53.6 Å². The number of rotatable bonds is 4. The molecule has 8 heteroatoms. The number of primary sulfonamides is 1. The lowest BCUT2D eigenvalue weighted by Gasteiger charge is -2.23. The first-order chi connectivity index (χ1) is 11.8. The number of para-hydroxylation sites is 1. The van der Waals surface area contributed by atoms with Crippen molar-refractivity contribution in [2.45, 2.75) is 24.3 Å². The number of nitrogens with two attached hydrogens (primary N) is 1. The van der Waals surface area contributed by atoms with Gasteiger partial charge < -0.3 is 4.90 Å². The van der Waals surface area contributed by atoms with Gasteiger partial charge in [-0.15, -0.1) is 0 Å². The van der Waals surface area contributed by atoms with Crippen molar-refractivity contribution in [2.75, 3.05) is 16.5 Å². The molecule has 0 saturated carbocycles. The number of hydrogen-bond donors (Lipinski definition) is 1. The Kier molecular flexibility index (Phi) is 4.73. The number of benzene rings is 2. The summed E-state index contributed by atoms with van der Waals surface area (Å²) in [4.78, 5) is 16.3. The van der Waals surface area contributed by atoms with Crippen LogP contribution in [0.15, 0.2) is 53.4 Å². The first kappa shape index (κ1) is 17.7. The van der Waals surface area contributed by atoms with E-state index >= 15 is 0 Å². The minimum absolute atomic E-state index is 0.0726. The molecule has 2 aromatic rings.